The highest BCUT2D eigenvalue weighted by Crippen LogP contribution is 2.32. The van der Waals surface area contributed by atoms with E-state index in [9.17, 15) is 4.79 Å². The zero-order chi connectivity index (χ0) is 17.5. The van der Waals surface area contributed by atoms with Gasteiger partial charge in [-0.05, 0) is 62.2 Å². The van der Waals surface area contributed by atoms with Crippen LogP contribution in [-0.4, -0.2) is 43.4 Å². The highest BCUT2D eigenvalue weighted by Gasteiger charge is 2.26. The lowest BCUT2D eigenvalue weighted by atomic mass is 9.77. The molecule has 2 rings (SSSR count). The Kier molecular flexibility index (Phi) is 10.1. The Labute approximate surface area is 170 Å². The van der Waals surface area contributed by atoms with E-state index in [0.29, 0.717) is 12.3 Å². The van der Waals surface area contributed by atoms with Gasteiger partial charge in [0, 0.05) is 33.1 Å². The molecule has 0 bridgehead atoms. The molecule has 0 aromatic carbocycles. The zero-order valence-corrected chi connectivity index (χ0v) is 18.5. The van der Waals surface area contributed by atoms with E-state index in [-0.39, 0.29) is 29.9 Å². The minimum absolute atomic E-state index is 0. The molecule has 1 aliphatic carbocycles. The second-order valence-corrected chi connectivity index (χ2v) is 8.08. The van der Waals surface area contributed by atoms with Gasteiger partial charge in [-0.2, -0.15) is 0 Å². The van der Waals surface area contributed by atoms with E-state index in [1.807, 2.05) is 7.05 Å². The molecule has 2 fully saturated rings. The number of likely N-dealkylation sites (tertiary alicyclic amines) is 1. The summed E-state index contributed by atoms with van der Waals surface area (Å²) in [6.45, 7) is 7.64. The molecule has 1 saturated carbocycles. The maximum absolute atomic E-state index is 11.2. The molecule has 25 heavy (non-hydrogen) atoms. The fourth-order valence-corrected chi connectivity index (χ4v) is 4.34. The van der Waals surface area contributed by atoms with E-state index in [0.717, 1.165) is 56.2 Å². The number of carbonyl (C=O) groups excluding carboxylic acids is 1. The van der Waals surface area contributed by atoms with Crippen molar-refractivity contribution < 1.29 is 4.79 Å². The molecule has 6 heteroatoms. The van der Waals surface area contributed by atoms with Crippen molar-refractivity contribution >= 4 is 35.8 Å². The summed E-state index contributed by atoms with van der Waals surface area (Å²) in [5.74, 6) is 3.68. The number of carbonyl (C=O) groups is 1. The van der Waals surface area contributed by atoms with E-state index in [1.165, 1.54) is 25.7 Å². The summed E-state index contributed by atoms with van der Waals surface area (Å²) in [4.78, 5) is 17.9. The SMILES string of the molecule is CN=C(NCC1CCC(C(C)C)CC1)N1CCCC(CC(N)=O)C1.I. The summed E-state index contributed by atoms with van der Waals surface area (Å²) in [6.07, 6.45) is 8.09. The predicted molar refractivity (Wildman–Crippen MR) is 115 cm³/mol. The molecule has 1 aliphatic heterocycles. The Hall–Kier alpha value is -0.530. The van der Waals surface area contributed by atoms with Gasteiger partial charge < -0.3 is 16.0 Å². The van der Waals surface area contributed by atoms with Gasteiger partial charge >= 0.3 is 0 Å². The molecule has 1 atom stereocenters. The third kappa shape index (κ3) is 7.31. The quantitative estimate of drug-likeness (QED) is 0.373. The van der Waals surface area contributed by atoms with Gasteiger partial charge in [0.05, 0.1) is 0 Å². The van der Waals surface area contributed by atoms with E-state index in [2.05, 4.69) is 29.1 Å². The highest BCUT2D eigenvalue weighted by molar-refractivity contribution is 14.0. The Morgan fingerprint density at radius 2 is 1.88 bits per heavy atom. The van der Waals surface area contributed by atoms with Crippen molar-refractivity contribution in [2.45, 2.75) is 58.8 Å². The van der Waals surface area contributed by atoms with Crippen molar-refractivity contribution in [3.63, 3.8) is 0 Å². The van der Waals surface area contributed by atoms with E-state index >= 15 is 0 Å². The minimum atomic E-state index is -0.188. The molecule has 1 heterocycles. The summed E-state index contributed by atoms with van der Waals surface area (Å²) in [6, 6.07) is 0. The number of amides is 1. The van der Waals surface area contributed by atoms with Crippen molar-refractivity contribution in [2.75, 3.05) is 26.7 Å². The first-order chi connectivity index (χ1) is 11.5. The van der Waals surface area contributed by atoms with Crippen LogP contribution in [0, 0.1) is 23.7 Å². The smallest absolute Gasteiger partial charge is 0.217 e. The van der Waals surface area contributed by atoms with Crippen LogP contribution in [0.1, 0.15) is 58.8 Å². The van der Waals surface area contributed by atoms with Crippen molar-refractivity contribution in [2.24, 2.45) is 34.4 Å². The molecule has 0 aromatic heterocycles. The maximum Gasteiger partial charge on any atom is 0.217 e. The number of rotatable bonds is 5. The summed E-state index contributed by atoms with van der Waals surface area (Å²) >= 11 is 0. The molecule has 146 valence electrons. The molecular formula is C19H37IN4O. The fraction of sp³-hybridized carbons (Fsp3) is 0.895. The van der Waals surface area contributed by atoms with Gasteiger partial charge in [-0.25, -0.2) is 0 Å². The topological polar surface area (TPSA) is 70.7 Å². The monoisotopic (exact) mass is 464 g/mol. The van der Waals surface area contributed by atoms with Gasteiger partial charge in [-0.3, -0.25) is 9.79 Å². The summed E-state index contributed by atoms with van der Waals surface area (Å²) in [7, 11) is 1.86. The van der Waals surface area contributed by atoms with Crippen LogP contribution in [-0.2, 0) is 4.79 Å². The Morgan fingerprint density at radius 3 is 2.44 bits per heavy atom. The van der Waals surface area contributed by atoms with Crippen LogP contribution in [0.5, 0.6) is 0 Å². The Morgan fingerprint density at radius 1 is 1.20 bits per heavy atom. The third-order valence-electron chi connectivity index (χ3n) is 5.90. The van der Waals surface area contributed by atoms with Crippen LogP contribution in [0.4, 0.5) is 0 Å². The Balaban J connectivity index is 0.00000312. The van der Waals surface area contributed by atoms with Crippen molar-refractivity contribution in [3.05, 3.63) is 0 Å². The van der Waals surface area contributed by atoms with Gasteiger partial charge in [0.2, 0.25) is 5.91 Å². The van der Waals surface area contributed by atoms with Crippen LogP contribution in [0.25, 0.3) is 0 Å². The maximum atomic E-state index is 11.2. The molecule has 0 spiro atoms. The molecule has 0 aromatic rings. The first kappa shape index (κ1) is 22.5. The van der Waals surface area contributed by atoms with Crippen molar-refractivity contribution in [3.8, 4) is 0 Å². The summed E-state index contributed by atoms with van der Waals surface area (Å²) < 4.78 is 0. The molecule has 3 N–H and O–H groups in total. The van der Waals surface area contributed by atoms with Crippen molar-refractivity contribution in [1.82, 2.24) is 10.2 Å². The average Bonchev–Trinajstić information content (AvgIpc) is 2.55. The number of halogens is 1. The second kappa shape index (κ2) is 11.2. The number of hydrogen-bond acceptors (Lipinski definition) is 2. The third-order valence-corrected chi connectivity index (χ3v) is 5.90. The molecular weight excluding hydrogens is 427 g/mol. The normalized spacial score (nSPS) is 27.8. The first-order valence-electron chi connectivity index (χ1n) is 9.73. The minimum Gasteiger partial charge on any atom is -0.370 e. The molecule has 1 amide bonds. The van der Waals surface area contributed by atoms with Gasteiger partial charge in [-0.15, -0.1) is 24.0 Å². The van der Waals surface area contributed by atoms with E-state index in [1.54, 1.807) is 0 Å². The summed E-state index contributed by atoms with van der Waals surface area (Å²) in [5, 5.41) is 3.59. The number of hydrogen-bond donors (Lipinski definition) is 2. The van der Waals surface area contributed by atoms with Crippen LogP contribution < -0.4 is 11.1 Å². The van der Waals surface area contributed by atoms with Crippen LogP contribution in [0.15, 0.2) is 4.99 Å². The standard InChI is InChI=1S/C19H36N4O.HI/c1-14(2)17-8-6-15(7-9-17)12-22-19(21-3)23-10-4-5-16(13-23)11-18(20)24;/h14-17H,4-13H2,1-3H3,(H2,20,24)(H,21,22);1H. The van der Waals surface area contributed by atoms with E-state index in [4.69, 9.17) is 5.73 Å². The van der Waals surface area contributed by atoms with Crippen LogP contribution >= 0.6 is 24.0 Å². The van der Waals surface area contributed by atoms with Crippen LogP contribution in [0.2, 0.25) is 0 Å². The lowest BCUT2D eigenvalue weighted by Gasteiger charge is -2.36. The van der Waals surface area contributed by atoms with Crippen molar-refractivity contribution in [1.29, 1.82) is 0 Å². The molecule has 1 saturated heterocycles. The number of guanidine groups is 1. The largest absolute Gasteiger partial charge is 0.370 e. The average molecular weight is 464 g/mol. The van der Waals surface area contributed by atoms with Gasteiger partial charge in [0.15, 0.2) is 5.96 Å². The van der Waals surface area contributed by atoms with Gasteiger partial charge in [0.25, 0.3) is 0 Å². The summed E-state index contributed by atoms with van der Waals surface area (Å²) in [5.41, 5.74) is 5.36. The number of aliphatic imine (C=N–C) groups is 1. The molecule has 1 unspecified atom stereocenters. The van der Waals surface area contributed by atoms with E-state index < -0.39 is 0 Å². The lowest BCUT2D eigenvalue weighted by Crippen LogP contribution is -2.48. The number of nitrogens with zero attached hydrogens (tertiary/aromatic N) is 2. The highest BCUT2D eigenvalue weighted by atomic mass is 127. The second-order valence-electron chi connectivity index (χ2n) is 8.08. The lowest BCUT2D eigenvalue weighted by molar-refractivity contribution is -0.119. The van der Waals surface area contributed by atoms with Gasteiger partial charge in [-0.1, -0.05) is 13.8 Å². The molecule has 0 radical (unpaired) electrons. The zero-order valence-electron chi connectivity index (χ0n) is 16.2. The van der Waals surface area contributed by atoms with Crippen LogP contribution in [0.3, 0.4) is 0 Å². The predicted octanol–water partition coefficient (Wildman–Crippen LogP) is 3.23. The fourth-order valence-electron chi connectivity index (χ4n) is 4.34. The molecule has 5 nitrogen and oxygen atoms in total. The van der Waals surface area contributed by atoms with Gasteiger partial charge in [0.1, 0.15) is 0 Å². The number of piperidine rings is 1. The number of nitrogens with one attached hydrogen (secondary N) is 1. The first-order valence-corrected chi connectivity index (χ1v) is 9.73. The molecule has 2 aliphatic rings. The number of primary amides is 1. The number of nitrogens with two attached hydrogens (primary N) is 1. The Bertz CT molecular complexity index is 433.